The van der Waals surface area contributed by atoms with Crippen LogP contribution in [0.3, 0.4) is 0 Å². The average Bonchev–Trinajstić information content (AvgIpc) is 2.72. The lowest BCUT2D eigenvalue weighted by atomic mass is 9.88. The van der Waals surface area contributed by atoms with E-state index in [9.17, 15) is 0 Å². The Morgan fingerprint density at radius 2 is 2.06 bits per heavy atom. The molecule has 2 aliphatic rings. The molecule has 0 bridgehead atoms. The van der Waals surface area contributed by atoms with Gasteiger partial charge in [0.15, 0.2) is 5.79 Å². The summed E-state index contributed by atoms with van der Waals surface area (Å²) in [5, 5.41) is 0. The number of rotatable bonds is 4. The van der Waals surface area contributed by atoms with Crippen molar-refractivity contribution < 1.29 is 14.2 Å². The Bertz CT molecular complexity index is 239. The van der Waals surface area contributed by atoms with Gasteiger partial charge in [0.2, 0.25) is 0 Å². The van der Waals surface area contributed by atoms with Crippen LogP contribution in [0.1, 0.15) is 39.5 Å². The van der Waals surface area contributed by atoms with E-state index in [1.807, 2.05) is 0 Å². The van der Waals surface area contributed by atoms with Gasteiger partial charge in [0.1, 0.15) is 0 Å². The first-order valence-corrected chi connectivity index (χ1v) is 6.76. The second-order valence-corrected chi connectivity index (χ2v) is 5.61. The second kappa shape index (κ2) is 5.65. The predicted octanol–water partition coefficient (Wildman–Crippen LogP) is 1.67. The molecule has 100 valence electrons. The first kappa shape index (κ1) is 13.3. The lowest BCUT2D eigenvalue weighted by Gasteiger charge is -2.39. The number of hydrogen-bond acceptors (Lipinski definition) is 4. The van der Waals surface area contributed by atoms with Crippen molar-refractivity contribution >= 4 is 0 Å². The van der Waals surface area contributed by atoms with E-state index >= 15 is 0 Å². The highest BCUT2D eigenvalue weighted by atomic mass is 16.7. The van der Waals surface area contributed by atoms with Crippen LogP contribution in [-0.2, 0) is 14.2 Å². The van der Waals surface area contributed by atoms with Crippen molar-refractivity contribution in [3.63, 3.8) is 0 Å². The van der Waals surface area contributed by atoms with Gasteiger partial charge >= 0.3 is 0 Å². The fourth-order valence-electron chi connectivity index (χ4n) is 2.53. The Morgan fingerprint density at radius 1 is 1.35 bits per heavy atom. The maximum Gasteiger partial charge on any atom is 0.171 e. The third-order valence-electron chi connectivity index (χ3n) is 3.69. The fourth-order valence-corrected chi connectivity index (χ4v) is 2.53. The average molecular weight is 243 g/mol. The molecule has 2 N–H and O–H groups in total. The molecule has 0 aromatic heterocycles. The van der Waals surface area contributed by atoms with Crippen molar-refractivity contribution in [3.05, 3.63) is 0 Å². The topological polar surface area (TPSA) is 53.7 Å². The molecule has 0 amide bonds. The Hall–Kier alpha value is -0.160. The summed E-state index contributed by atoms with van der Waals surface area (Å²) in [6.45, 7) is 6.59. The fraction of sp³-hybridized carbons (Fsp3) is 1.00. The third-order valence-corrected chi connectivity index (χ3v) is 3.69. The maximum atomic E-state index is 6.11. The van der Waals surface area contributed by atoms with Crippen LogP contribution in [0.5, 0.6) is 0 Å². The highest BCUT2D eigenvalue weighted by Crippen LogP contribution is 2.36. The lowest BCUT2D eigenvalue weighted by Crippen LogP contribution is -2.50. The zero-order valence-corrected chi connectivity index (χ0v) is 11.0. The van der Waals surface area contributed by atoms with Crippen LogP contribution in [-0.4, -0.2) is 37.8 Å². The normalized spacial score (nSPS) is 32.5. The SMILES string of the molecule is CC(C)CCOC1CC2(CCC1N)OCCO2. The van der Waals surface area contributed by atoms with Crippen LogP contribution in [0, 0.1) is 5.92 Å². The Kier molecular flexibility index (Phi) is 4.42. The number of ether oxygens (including phenoxy) is 3. The van der Waals surface area contributed by atoms with Crippen molar-refractivity contribution in [2.45, 2.75) is 57.5 Å². The van der Waals surface area contributed by atoms with Crippen molar-refractivity contribution in [1.29, 1.82) is 0 Å². The summed E-state index contributed by atoms with van der Waals surface area (Å²) in [6, 6.07) is 0.126. The summed E-state index contributed by atoms with van der Waals surface area (Å²) in [5.41, 5.74) is 6.11. The van der Waals surface area contributed by atoms with E-state index in [0.717, 1.165) is 32.3 Å². The van der Waals surface area contributed by atoms with E-state index in [1.54, 1.807) is 0 Å². The first-order valence-electron chi connectivity index (χ1n) is 6.76. The molecule has 2 rings (SSSR count). The molecule has 4 nitrogen and oxygen atoms in total. The van der Waals surface area contributed by atoms with E-state index in [4.69, 9.17) is 19.9 Å². The zero-order valence-electron chi connectivity index (χ0n) is 11.0. The van der Waals surface area contributed by atoms with Gasteiger partial charge < -0.3 is 19.9 Å². The lowest BCUT2D eigenvalue weighted by molar-refractivity contribution is -0.205. The summed E-state index contributed by atoms with van der Waals surface area (Å²) in [7, 11) is 0. The van der Waals surface area contributed by atoms with Gasteiger partial charge in [-0.05, 0) is 18.8 Å². The van der Waals surface area contributed by atoms with Gasteiger partial charge in [-0.25, -0.2) is 0 Å². The molecule has 1 aliphatic carbocycles. The molecule has 2 unspecified atom stereocenters. The van der Waals surface area contributed by atoms with Crippen molar-refractivity contribution in [2.24, 2.45) is 11.7 Å². The summed E-state index contributed by atoms with van der Waals surface area (Å²) in [5.74, 6) is 0.279. The van der Waals surface area contributed by atoms with Crippen LogP contribution in [0.25, 0.3) is 0 Å². The van der Waals surface area contributed by atoms with Gasteiger partial charge in [-0.1, -0.05) is 13.8 Å². The van der Waals surface area contributed by atoms with E-state index < -0.39 is 5.79 Å². The van der Waals surface area contributed by atoms with Crippen molar-refractivity contribution in [3.8, 4) is 0 Å². The zero-order chi connectivity index (χ0) is 12.3. The predicted molar refractivity (Wildman–Crippen MR) is 65.7 cm³/mol. The number of nitrogens with two attached hydrogens (primary N) is 1. The van der Waals surface area contributed by atoms with Crippen LogP contribution >= 0.6 is 0 Å². The van der Waals surface area contributed by atoms with Crippen molar-refractivity contribution in [2.75, 3.05) is 19.8 Å². The van der Waals surface area contributed by atoms with Gasteiger partial charge in [-0.2, -0.15) is 0 Å². The largest absolute Gasteiger partial charge is 0.376 e. The maximum absolute atomic E-state index is 6.11. The Balaban J connectivity index is 1.82. The monoisotopic (exact) mass is 243 g/mol. The molecule has 1 aliphatic heterocycles. The molecule has 2 atom stereocenters. The summed E-state index contributed by atoms with van der Waals surface area (Å²) < 4.78 is 17.4. The van der Waals surface area contributed by atoms with Crippen LogP contribution in [0.15, 0.2) is 0 Å². The molecule has 0 radical (unpaired) electrons. The van der Waals surface area contributed by atoms with Gasteiger partial charge in [-0.15, -0.1) is 0 Å². The number of hydrogen-bond donors (Lipinski definition) is 1. The van der Waals surface area contributed by atoms with E-state index in [1.165, 1.54) is 0 Å². The van der Waals surface area contributed by atoms with Crippen LogP contribution in [0.4, 0.5) is 0 Å². The highest BCUT2D eigenvalue weighted by Gasteiger charge is 2.44. The first-order chi connectivity index (χ1) is 8.11. The quantitative estimate of drug-likeness (QED) is 0.816. The van der Waals surface area contributed by atoms with E-state index in [0.29, 0.717) is 19.1 Å². The molecule has 1 heterocycles. The molecule has 0 aromatic rings. The molecular formula is C13H25NO3. The van der Waals surface area contributed by atoms with Gasteiger partial charge in [0.05, 0.1) is 19.3 Å². The van der Waals surface area contributed by atoms with Crippen molar-refractivity contribution in [1.82, 2.24) is 0 Å². The molecule has 17 heavy (non-hydrogen) atoms. The Labute approximate surface area is 104 Å². The molecule has 1 saturated heterocycles. The minimum atomic E-state index is -0.391. The molecule has 1 spiro atoms. The van der Waals surface area contributed by atoms with E-state index in [-0.39, 0.29) is 12.1 Å². The summed E-state index contributed by atoms with van der Waals surface area (Å²) in [6.07, 6.45) is 3.77. The van der Waals surface area contributed by atoms with Gasteiger partial charge in [-0.3, -0.25) is 0 Å². The van der Waals surface area contributed by atoms with Crippen LogP contribution < -0.4 is 5.73 Å². The molecule has 0 aromatic carbocycles. The smallest absolute Gasteiger partial charge is 0.171 e. The second-order valence-electron chi connectivity index (χ2n) is 5.61. The highest BCUT2D eigenvalue weighted by molar-refractivity contribution is 4.90. The standard InChI is InChI=1S/C13H25NO3/c1-10(2)4-6-15-12-9-13(5-3-11(12)14)16-7-8-17-13/h10-12H,3-9,14H2,1-2H3. The minimum Gasteiger partial charge on any atom is -0.376 e. The molecular weight excluding hydrogens is 218 g/mol. The minimum absolute atomic E-state index is 0.0839. The molecule has 1 saturated carbocycles. The molecule has 2 fully saturated rings. The third kappa shape index (κ3) is 3.41. The van der Waals surface area contributed by atoms with E-state index in [2.05, 4.69) is 13.8 Å². The van der Waals surface area contributed by atoms with Gasteiger partial charge in [0, 0.05) is 25.5 Å². The summed E-state index contributed by atoms with van der Waals surface area (Å²) >= 11 is 0. The van der Waals surface area contributed by atoms with Crippen LogP contribution in [0.2, 0.25) is 0 Å². The summed E-state index contributed by atoms with van der Waals surface area (Å²) in [4.78, 5) is 0. The van der Waals surface area contributed by atoms with Gasteiger partial charge in [0.25, 0.3) is 0 Å². The molecule has 4 heteroatoms. The Morgan fingerprint density at radius 3 is 2.71 bits per heavy atom.